The summed E-state index contributed by atoms with van der Waals surface area (Å²) in [5.74, 6) is 0.619. The maximum atomic E-state index is 12.2. The zero-order valence-corrected chi connectivity index (χ0v) is 20.1. The second-order valence-corrected chi connectivity index (χ2v) is 7.14. The van der Waals surface area contributed by atoms with Crippen molar-refractivity contribution in [2.75, 3.05) is 33.3 Å². The highest BCUT2D eigenvalue weighted by Crippen LogP contribution is 2.24. The van der Waals surface area contributed by atoms with Crippen LogP contribution in [0.25, 0.3) is 0 Å². The number of nitrogens with zero attached hydrogens (tertiary/aromatic N) is 2. The first kappa shape index (κ1) is 25.2. The summed E-state index contributed by atoms with van der Waals surface area (Å²) in [5, 5.41) is 6.20. The zero-order chi connectivity index (χ0) is 20.5. The Morgan fingerprint density at radius 2 is 2.00 bits per heavy atom. The number of carbonyl (C=O) groups is 2. The molecule has 1 aliphatic heterocycles. The quantitative estimate of drug-likeness (QED) is 0.252. The van der Waals surface area contributed by atoms with Crippen LogP contribution in [0.5, 0.6) is 0 Å². The predicted octanol–water partition coefficient (Wildman–Crippen LogP) is 2.65. The topological polar surface area (TPSA) is 83.0 Å². The fourth-order valence-electron chi connectivity index (χ4n) is 3.34. The van der Waals surface area contributed by atoms with Gasteiger partial charge in [0.2, 0.25) is 0 Å². The Labute approximate surface area is 190 Å². The highest BCUT2D eigenvalue weighted by molar-refractivity contribution is 14.0. The van der Waals surface area contributed by atoms with Gasteiger partial charge in [-0.05, 0) is 37.0 Å². The second-order valence-electron chi connectivity index (χ2n) is 7.14. The Kier molecular flexibility index (Phi) is 11.0. The SMILES string of the molecule is CCCNC(=O)c1cccc(CN=C(NCC)N2CC(C)C(C(=O)OC)C2)c1.I. The minimum absolute atomic E-state index is 0. The number of hydrogen-bond acceptors (Lipinski definition) is 4. The molecule has 2 N–H and O–H groups in total. The van der Waals surface area contributed by atoms with Gasteiger partial charge in [-0.15, -0.1) is 24.0 Å². The van der Waals surface area contributed by atoms with Crippen LogP contribution < -0.4 is 10.6 Å². The number of esters is 1. The van der Waals surface area contributed by atoms with Gasteiger partial charge in [-0.1, -0.05) is 26.0 Å². The maximum absolute atomic E-state index is 12.2. The lowest BCUT2D eigenvalue weighted by Crippen LogP contribution is -2.40. The molecular formula is C21H33IN4O3. The maximum Gasteiger partial charge on any atom is 0.310 e. The molecule has 0 aromatic heterocycles. The number of likely N-dealkylation sites (tertiary alicyclic amines) is 1. The standard InChI is InChI=1S/C21H32N4O3.HI/c1-5-10-23-19(26)17-9-7-8-16(11-17)12-24-21(22-6-2)25-13-15(3)18(14-25)20(27)28-4;/h7-9,11,15,18H,5-6,10,12-14H2,1-4H3,(H,22,24)(H,23,26);1H. The van der Waals surface area contributed by atoms with Crippen molar-refractivity contribution < 1.29 is 14.3 Å². The van der Waals surface area contributed by atoms with Gasteiger partial charge >= 0.3 is 5.97 Å². The molecule has 1 amide bonds. The number of guanidine groups is 1. The molecule has 1 aromatic rings. The lowest BCUT2D eigenvalue weighted by atomic mass is 9.99. The fourth-order valence-corrected chi connectivity index (χ4v) is 3.34. The summed E-state index contributed by atoms with van der Waals surface area (Å²) in [4.78, 5) is 31.0. The molecule has 29 heavy (non-hydrogen) atoms. The smallest absolute Gasteiger partial charge is 0.310 e. The molecule has 0 bridgehead atoms. The molecule has 2 unspecified atom stereocenters. The van der Waals surface area contributed by atoms with Crippen LogP contribution in [-0.2, 0) is 16.1 Å². The summed E-state index contributed by atoms with van der Waals surface area (Å²) >= 11 is 0. The number of benzene rings is 1. The summed E-state index contributed by atoms with van der Waals surface area (Å²) in [6.45, 7) is 9.33. The van der Waals surface area contributed by atoms with Crippen LogP contribution in [-0.4, -0.2) is 56.0 Å². The van der Waals surface area contributed by atoms with Gasteiger partial charge in [0.1, 0.15) is 0 Å². The van der Waals surface area contributed by atoms with Crippen molar-refractivity contribution in [3.05, 3.63) is 35.4 Å². The predicted molar refractivity (Wildman–Crippen MR) is 126 cm³/mol. The van der Waals surface area contributed by atoms with Crippen LogP contribution in [0.2, 0.25) is 0 Å². The van der Waals surface area contributed by atoms with Crippen molar-refractivity contribution in [3.63, 3.8) is 0 Å². The van der Waals surface area contributed by atoms with Gasteiger partial charge in [-0.3, -0.25) is 9.59 Å². The van der Waals surface area contributed by atoms with Gasteiger partial charge in [-0.25, -0.2) is 4.99 Å². The molecule has 0 saturated carbocycles. The molecule has 1 saturated heterocycles. The number of hydrogen-bond donors (Lipinski definition) is 2. The Balaban J connectivity index is 0.00000420. The highest BCUT2D eigenvalue weighted by atomic mass is 127. The molecule has 1 aliphatic rings. The summed E-state index contributed by atoms with van der Waals surface area (Å²) in [5.41, 5.74) is 1.61. The number of methoxy groups -OCH3 is 1. The lowest BCUT2D eigenvalue weighted by molar-refractivity contribution is -0.145. The first-order valence-corrected chi connectivity index (χ1v) is 9.98. The normalized spacial score (nSPS) is 18.8. The molecule has 2 rings (SSSR count). The second kappa shape index (κ2) is 12.7. The first-order valence-electron chi connectivity index (χ1n) is 9.98. The average Bonchev–Trinajstić information content (AvgIpc) is 3.10. The molecule has 0 spiro atoms. The number of halogens is 1. The van der Waals surface area contributed by atoms with E-state index in [0.717, 1.165) is 31.0 Å². The van der Waals surface area contributed by atoms with Crippen LogP contribution in [0.3, 0.4) is 0 Å². The molecule has 0 radical (unpaired) electrons. The van der Waals surface area contributed by atoms with Gasteiger partial charge < -0.3 is 20.3 Å². The Morgan fingerprint density at radius 1 is 1.24 bits per heavy atom. The molecule has 1 fully saturated rings. The summed E-state index contributed by atoms with van der Waals surface area (Å²) in [6, 6.07) is 7.53. The van der Waals surface area contributed by atoms with E-state index >= 15 is 0 Å². The fraction of sp³-hybridized carbons (Fsp3) is 0.571. The first-order chi connectivity index (χ1) is 13.5. The van der Waals surface area contributed by atoms with Gasteiger partial charge in [-0.2, -0.15) is 0 Å². The Hall–Kier alpha value is -1.84. The number of aliphatic imine (C=N–C) groups is 1. The van der Waals surface area contributed by atoms with E-state index < -0.39 is 0 Å². The number of ether oxygens (including phenoxy) is 1. The summed E-state index contributed by atoms with van der Waals surface area (Å²) < 4.78 is 4.92. The van der Waals surface area contributed by atoms with Crippen LogP contribution in [0.4, 0.5) is 0 Å². The third-order valence-corrected chi connectivity index (χ3v) is 4.89. The number of rotatable bonds is 7. The highest BCUT2D eigenvalue weighted by Gasteiger charge is 2.36. The molecule has 162 valence electrons. The van der Waals surface area contributed by atoms with Crippen LogP contribution in [0.15, 0.2) is 29.3 Å². The van der Waals surface area contributed by atoms with E-state index in [9.17, 15) is 9.59 Å². The number of carbonyl (C=O) groups excluding carboxylic acids is 2. The van der Waals surface area contributed by atoms with Crippen molar-refractivity contribution in [2.24, 2.45) is 16.8 Å². The minimum Gasteiger partial charge on any atom is -0.469 e. The van der Waals surface area contributed by atoms with Crippen molar-refractivity contribution in [1.29, 1.82) is 0 Å². The van der Waals surface area contributed by atoms with E-state index in [1.807, 2.05) is 38.1 Å². The molecule has 1 aromatic carbocycles. The van der Waals surface area contributed by atoms with E-state index in [1.54, 1.807) is 0 Å². The average molecular weight is 516 g/mol. The monoisotopic (exact) mass is 516 g/mol. The van der Waals surface area contributed by atoms with Gasteiger partial charge in [0.15, 0.2) is 5.96 Å². The molecule has 0 aliphatic carbocycles. The van der Waals surface area contributed by atoms with E-state index in [2.05, 4.69) is 22.5 Å². The van der Waals surface area contributed by atoms with Crippen LogP contribution in [0, 0.1) is 11.8 Å². The minimum atomic E-state index is -0.170. The Morgan fingerprint density at radius 3 is 2.66 bits per heavy atom. The molecule has 7 nitrogen and oxygen atoms in total. The summed E-state index contributed by atoms with van der Waals surface area (Å²) in [7, 11) is 1.43. The van der Waals surface area contributed by atoms with Crippen molar-refractivity contribution >= 4 is 41.8 Å². The molecular weight excluding hydrogens is 483 g/mol. The number of amides is 1. The number of nitrogens with one attached hydrogen (secondary N) is 2. The summed E-state index contributed by atoms with van der Waals surface area (Å²) in [6.07, 6.45) is 0.905. The van der Waals surface area contributed by atoms with Gasteiger partial charge in [0.25, 0.3) is 5.91 Å². The molecule has 8 heteroatoms. The van der Waals surface area contributed by atoms with E-state index in [-0.39, 0.29) is 47.7 Å². The third kappa shape index (κ3) is 7.17. The van der Waals surface area contributed by atoms with Crippen LogP contribution in [0.1, 0.15) is 43.1 Å². The largest absolute Gasteiger partial charge is 0.469 e. The molecule has 2 atom stereocenters. The third-order valence-electron chi connectivity index (χ3n) is 4.89. The zero-order valence-electron chi connectivity index (χ0n) is 17.7. The van der Waals surface area contributed by atoms with Crippen molar-refractivity contribution in [3.8, 4) is 0 Å². The van der Waals surface area contributed by atoms with Crippen LogP contribution >= 0.6 is 24.0 Å². The van der Waals surface area contributed by atoms with Gasteiger partial charge in [0, 0.05) is 31.7 Å². The van der Waals surface area contributed by atoms with E-state index in [0.29, 0.717) is 25.2 Å². The van der Waals surface area contributed by atoms with Crippen molar-refractivity contribution in [2.45, 2.75) is 33.7 Å². The van der Waals surface area contributed by atoms with E-state index in [1.165, 1.54) is 7.11 Å². The lowest BCUT2D eigenvalue weighted by Gasteiger charge is -2.21. The Bertz CT molecular complexity index is 711. The van der Waals surface area contributed by atoms with Gasteiger partial charge in [0.05, 0.1) is 19.6 Å². The van der Waals surface area contributed by atoms with Crippen molar-refractivity contribution in [1.82, 2.24) is 15.5 Å². The van der Waals surface area contributed by atoms with E-state index in [4.69, 9.17) is 9.73 Å². The molecule has 1 heterocycles.